The van der Waals surface area contributed by atoms with Gasteiger partial charge in [0.15, 0.2) is 11.5 Å². The van der Waals surface area contributed by atoms with Crippen molar-refractivity contribution in [2.45, 2.75) is 13.0 Å². The van der Waals surface area contributed by atoms with Gasteiger partial charge in [-0.2, -0.15) is 0 Å². The highest BCUT2D eigenvalue weighted by atomic mass is 16.5. The molecule has 1 fully saturated rings. The van der Waals surface area contributed by atoms with Crippen LogP contribution in [-0.4, -0.2) is 77.7 Å². The van der Waals surface area contributed by atoms with Crippen molar-refractivity contribution < 1.29 is 33.3 Å². The van der Waals surface area contributed by atoms with Gasteiger partial charge in [-0.1, -0.05) is 0 Å². The normalized spacial score (nSPS) is 19.4. The third-order valence-corrected chi connectivity index (χ3v) is 5.18. The predicted octanol–water partition coefficient (Wildman–Crippen LogP) is 1.22. The van der Waals surface area contributed by atoms with E-state index in [1.54, 1.807) is 19.1 Å². The van der Waals surface area contributed by atoms with Gasteiger partial charge in [-0.3, -0.25) is 4.90 Å². The first-order valence-electron chi connectivity index (χ1n) is 10.1. The second-order valence-electron chi connectivity index (χ2n) is 6.96. The molecule has 0 spiro atoms. The molecule has 2 heterocycles. The molecule has 31 heavy (non-hydrogen) atoms. The number of amides is 2. The SMILES string of the molecule is CCOC(=O)C1=C(CN2CCOCC2)NC(=O)N[C@@H]1c1ccc(OC)c(OC)c1OC. The highest BCUT2D eigenvalue weighted by molar-refractivity contribution is 5.95. The van der Waals surface area contributed by atoms with E-state index >= 15 is 0 Å². The Balaban J connectivity index is 2.11. The third-order valence-electron chi connectivity index (χ3n) is 5.18. The molecule has 2 N–H and O–H groups in total. The molecule has 1 saturated heterocycles. The lowest BCUT2D eigenvalue weighted by molar-refractivity contribution is -0.139. The fourth-order valence-corrected chi connectivity index (χ4v) is 3.76. The van der Waals surface area contributed by atoms with Gasteiger partial charge >= 0.3 is 12.0 Å². The first kappa shape index (κ1) is 22.7. The lowest BCUT2D eigenvalue weighted by Crippen LogP contribution is -2.49. The molecule has 0 aliphatic carbocycles. The second-order valence-corrected chi connectivity index (χ2v) is 6.96. The monoisotopic (exact) mass is 435 g/mol. The van der Waals surface area contributed by atoms with Crippen LogP contribution in [0.25, 0.3) is 0 Å². The maximum atomic E-state index is 13.0. The number of methoxy groups -OCH3 is 3. The van der Waals surface area contributed by atoms with E-state index in [1.807, 2.05) is 0 Å². The van der Waals surface area contributed by atoms with E-state index in [0.29, 0.717) is 66.9 Å². The third kappa shape index (κ3) is 4.86. The number of carbonyl (C=O) groups is 2. The molecular formula is C21H29N3O7. The van der Waals surface area contributed by atoms with Gasteiger partial charge < -0.3 is 34.3 Å². The molecule has 2 aliphatic rings. The highest BCUT2D eigenvalue weighted by Gasteiger charge is 2.37. The number of urea groups is 1. The second kappa shape index (κ2) is 10.4. The molecule has 10 heteroatoms. The summed E-state index contributed by atoms with van der Waals surface area (Å²) in [5, 5.41) is 5.62. The topological polar surface area (TPSA) is 108 Å². The minimum absolute atomic E-state index is 0.205. The van der Waals surface area contributed by atoms with Crippen molar-refractivity contribution in [3.63, 3.8) is 0 Å². The standard InChI is InChI=1S/C21H29N3O7/c1-5-31-20(25)16-14(12-24-8-10-30-11-9-24)22-21(26)23-17(16)13-6-7-15(27-2)19(29-4)18(13)28-3/h6-7,17H,5,8-12H2,1-4H3,(H2,22,23,26)/t17-/m1/s1. The zero-order valence-corrected chi connectivity index (χ0v) is 18.3. The molecule has 0 saturated carbocycles. The van der Waals surface area contributed by atoms with Gasteiger partial charge in [0.25, 0.3) is 0 Å². The van der Waals surface area contributed by atoms with Crippen LogP contribution in [0.2, 0.25) is 0 Å². The number of morpholine rings is 1. The first-order valence-corrected chi connectivity index (χ1v) is 10.1. The minimum Gasteiger partial charge on any atom is -0.493 e. The van der Waals surface area contributed by atoms with Gasteiger partial charge in [-0.05, 0) is 19.1 Å². The van der Waals surface area contributed by atoms with Crippen LogP contribution in [0, 0.1) is 0 Å². The van der Waals surface area contributed by atoms with Crippen molar-refractivity contribution in [1.82, 2.24) is 15.5 Å². The summed E-state index contributed by atoms with van der Waals surface area (Å²) in [4.78, 5) is 27.7. The van der Waals surface area contributed by atoms with Crippen LogP contribution in [-0.2, 0) is 14.3 Å². The summed E-state index contributed by atoms with van der Waals surface area (Å²) < 4.78 is 27.2. The van der Waals surface area contributed by atoms with Crippen molar-refractivity contribution in [2.24, 2.45) is 0 Å². The van der Waals surface area contributed by atoms with E-state index in [0.717, 1.165) is 0 Å². The minimum atomic E-state index is -0.793. The molecule has 1 aromatic rings. The molecule has 1 aromatic carbocycles. The quantitative estimate of drug-likeness (QED) is 0.587. The van der Waals surface area contributed by atoms with Gasteiger partial charge in [-0.25, -0.2) is 9.59 Å². The van der Waals surface area contributed by atoms with Crippen LogP contribution in [0.5, 0.6) is 17.2 Å². The average Bonchev–Trinajstić information content (AvgIpc) is 2.78. The Morgan fingerprint density at radius 2 is 1.84 bits per heavy atom. The molecule has 2 amide bonds. The number of rotatable bonds is 8. The van der Waals surface area contributed by atoms with E-state index in [1.165, 1.54) is 21.3 Å². The van der Waals surface area contributed by atoms with E-state index in [2.05, 4.69) is 15.5 Å². The predicted molar refractivity (Wildman–Crippen MR) is 111 cm³/mol. The van der Waals surface area contributed by atoms with Crippen LogP contribution < -0.4 is 24.8 Å². The Hall–Kier alpha value is -2.98. The molecule has 170 valence electrons. The molecule has 0 aromatic heterocycles. The number of hydrogen-bond donors (Lipinski definition) is 2. The Kier molecular flexibility index (Phi) is 7.59. The smallest absolute Gasteiger partial charge is 0.338 e. The number of nitrogens with one attached hydrogen (secondary N) is 2. The summed E-state index contributed by atoms with van der Waals surface area (Å²) >= 11 is 0. The fraction of sp³-hybridized carbons (Fsp3) is 0.524. The summed E-state index contributed by atoms with van der Waals surface area (Å²) in [6, 6.07) is 2.23. The lowest BCUT2D eigenvalue weighted by Gasteiger charge is -2.34. The molecule has 0 unspecified atom stereocenters. The Bertz CT molecular complexity index is 850. The molecule has 0 bridgehead atoms. The van der Waals surface area contributed by atoms with Crippen LogP contribution in [0.4, 0.5) is 4.79 Å². The summed E-state index contributed by atoms with van der Waals surface area (Å²) in [6.45, 7) is 4.93. The van der Waals surface area contributed by atoms with Crippen molar-refractivity contribution in [2.75, 3.05) is 60.8 Å². The van der Waals surface area contributed by atoms with Gasteiger partial charge in [0.05, 0.1) is 52.8 Å². The van der Waals surface area contributed by atoms with Crippen LogP contribution in [0.1, 0.15) is 18.5 Å². The van der Waals surface area contributed by atoms with Crippen LogP contribution in [0.3, 0.4) is 0 Å². The maximum absolute atomic E-state index is 13.0. The van der Waals surface area contributed by atoms with Crippen LogP contribution in [0.15, 0.2) is 23.4 Å². The van der Waals surface area contributed by atoms with Gasteiger partial charge in [0.1, 0.15) is 0 Å². The summed E-state index contributed by atoms with van der Waals surface area (Å²) in [6.07, 6.45) is 0. The number of nitrogens with zero attached hydrogens (tertiary/aromatic N) is 1. The summed E-state index contributed by atoms with van der Waals surface area (Å²) in [5.41, 5.74) is 1.36. The highest BCUT2D eigenvalue weighted by Crippen LogP contribution is 2.44. The van der Waals surface area contributed by atoms with Crippen molar-refractivity contribution in [3.8, 4) is 17.2 Å². The Labute approximate surface area is 181 Å². The zero-order valence-electron chi connectivity index (χ0n) is 18.3. The van der Waals surface area contributed by atoms with Gasteiger partial charge in [0, 0.05) is 30.9 Å². The molecular weight excluding hydrogens is 406 g/mol. The van der Waals surface area contributed by atoms with Gasteiger partial charge in [0.2, 0.25) is 5.75 Å². The Morgan fingerprint density at radius 3 is 2.45 bits per heavy atom. The van der Waals surface area contributed by atoms with Crippen LogP contribution >= 0.6 is 0 Å². The molecule has 3 rings (SSSR count). The van der Waals surface area contributed by atoms with E-state index in [-0.39, 0.29) is 6.61 Å². The largest absolute Gasteiger partial charge is 0.493 e. The lowest BCUT2D eigenvalue weighted by atomic mass is 9.93. The van der Waals surface area contributed by atoms with Crippen molar-refractivity contribution in [1.29, 1.82) is 0 Å². The summed E-state index contributed by atoms with van der Waals surface area (Å²) in [7, 11) is 4.51. The zero-order chi connectivity index (χ0) is 22.4. The number of benzene rings is 1. The van der Waals surface area contributed by atoms with E-state index < -0.39 is 18.0 Å². The van der Waals surface area contributed by atoms with E-state index in [9.17, 15) is 9.59 Å². The number of ether oxygens (including phenoxy) is 5. The van der Waals surface area contributed by atoms with Crippen molar-refractivity contribution >= 4 is 12.0 Å². The number of esters is 1. The number of carbonyl (C=O) groups excluding carboxylic acids is 2. The average molecular weight is 435 g/mol. The summed E-state index contributed by atoms with van der Waals surface area (Å²) in [5.74, 6) is 0.688. The van der Waals surface area contributed by atoms with Gasteiger partial charge in [-0.15, -0.1) is 0 Å². The molecule has 10 nitrogen and oxygen atoms in total. The number of hydrogen-bond acceptors (Lipinski definition) is 8. The fourth-order valence-electron chi connectivity index (χ4n) is 3.76. The molecule has 2 aliphatic heterocycles. The Morgan fingerprint density at radius 1 is 1.13 bits per heavy atom. The molecule has 1 atom stereocenters. The van der Waals surface area contributed by atoms with Crippen molar-refractivity contribution in [3.05, 3.63) is 29.0 Å². The van der Waals surface area contributed by atoms with E-state index in [4.69, 9.17) is 23.7 Å². The maximum Gasteiger partial charge on any atom is 0.338 e. The first-order chi connectivity index (χ1) is 15.0. The molecule has 0 radical (unpaired) electrons.